The molecule has 0 saturated carbocycles. The third-order valence-corrected chi connectivity index (χ3v) is 4.65. The van der Waals surface area contributed by atoms with Gasteiger partial charge in [0.1, 0.15) is 0 Å². The molecule has 3 rings (SSSR count). The fraction of sp³-hybridized carbons (Fsp3) is 0.350. The molecular formula is C20H25ClN2O. The Morgan fingerprint density at radius 1 is 1.04 bits per heavy atom. The predicted octanol–water partition coefficient (Wildman–Crippen LogP) is 3.45. The summed E-state index contributed by atoms with van der Waals surface area (Å²) in [7, 11) is 1.98. The normalized spacial score (nSPS) is 17.4. The molecule has 1 aliphatic heterocycles. The highest BCUT2D eigenvalue weighted by molar-refractivity contribution is 5.87. The van der Waals surface area contributed by atoms with Crippen molar-refractivity contribution in [1.82, 2.24) is 10.2 Å². The number of carbonyl (C=O) groups excluding carboxylic acids is 1. The van der Waals surface area contributed by atoms with Gasteiger partial charge < -0.3 is 10.2 Å². The molecule has 1 aliphatic rings. The van der Waals surface area contributed by atoms with E-state index in [1.54, 1.807) is 0 Å². The van der Waals surface area contributed by atoms with E-state index in [0.29, 0.717) is 6.04 Å². The van der Waals surface area contributed by atoms with E-state index in [4.69, 9.17) is 0 Å². The van der Waals surface area contributed by atoms with Crippen LogP contribution in [0.5, 0.6) is 0 Å². The predicted molar refractivity (Wildman–Crippen MR) is 101 cm³/mol. The third kappa shape index (κ3) is 4.16. The van der Waals surface area contributed by atoms with E-state index in [9.17, 15) is 4.79 Å². The van der Waals surface area contributed by atoms with Gasteiger partial charge in [-0.1, -0.05) is 60.7 Å². The van der Waals surface area contributed by atoms with E-state index in [0.717, 1.165) is 37.1 Å². The smallest absolute Gasteiger partial charge is 0.234 e. The zero-order valence-corrected chi connectivity index (χ0v) is 14.8. The Balaban J connectivity index is 0.00000208. The topological polar surface area (TPSA) is 32.3 Å². The summed E-state index contributed by atoms with van der Waals surface area (Å²) in [5.41, 5.74) is 2.13. The highest BCUT2D eigenvalue weighted by Gasteiger charge is 2.30. The molecule has 1 N–H and O–H groups in total. The first kappa shape index (κ1) is 18.5. The minimum atomic E-state index is -0.215. The summed E-state index contributed by atoms with van der Waals surface area (Å²) in [5.74, 6) is -0.00430. The summed E-state index contributed by atoms with van der Waals surface area (Å²) in [4.78, 5) is 15.3. The van der Waals surface area contributed by atoms with Crippen molar-refractivity contribution < 1.29 is 4.79 Å². The number of amides is 1. The quantitative estimate of drug-likeness (QED) is 0.921. The van der Waals surface area contributed by atoms with Crippen LogP contribution in [0.15, 0.2) is 60.7 Å². The van der Waals surface area contributed by atoms with Gasteiger partial charge in [-0.25, -0.2) is 0 Å². The van der Waals surface area contributed by atoms with Gasteiger partial charge in [0.25, 0.3) is 0 Å². The van der Waals surface area contributed by atoms with Crippen LogP contribution in [0.4, 0.5) is 0 Å². The first-order valence-corrected chi connectivity index (χ1v) is 8.35. The second-order valence-electron chi connectivity index (χ2n) is 6.17. The van der Waals surface area contributed by atoms with Gasteiger partial charge in [-0.3, -0.25) is 4.79 Å². The van der Waals surface area contributed by atoms with Crippen LogP contribution in [0, 0.1) is 0 Å². The van der Waals surface area contributed by atoms with Crippen LogP contribution >= 0.6 is 12.4 Å². The molecular weight excluding hydrogens is 320 g/mol. The Morgan fingerprint density at radius 2 is 1.58 bits per heavy atom. The molecule has 1 fully saturated rings. The third-order valence-electron chi connectivity index (χ3n) is 4.65. The van der Waals surface area contributed by atoms with E-state index in [1.807, 2.05) is 48.3 Å². The summed E-state index contributed by atoms with van der Waals surface area (Å²) < 4.78 is 0. The molecule has 1 heterocycles. The maximum absolute atomic E-state index is 13.3. The molecule has 2 aromatic carbocycles. The van der Waals surface area contributed by atoms with Crippen molar-refractivity contribution in [3.63, 3.8) is 0 Å². The molecule has 2 aromatic rings. The first-order chi connectivity index (χ1) is 11.3. The average Bonchev–Trinajstić information content (AvgIpc) is 2.64. The largest absolute Gasteiger partial charge is 0.340 e. The summed E-state index contributed by atoms with van der Waals surface area (Å²) >= 11 is 0. The summed E-state index contributed by atoms with van der Waals surface area (Å²) in [6, 6.07) is 20.6. The lowest BCUT2D eigenvalue weighted by Crippen LogP contribution is -2.48. The standard InChI is InChI=1S/C20H24N2O.ClH/c1-21-18-13-8-14-22(15-18)20(23)19(16-9-4-2-5-10-16)17-11-6-3-7-12-17;/h2-7,9-12,18-19,21H,8,13-15H2,1H3;1H. The SMILES string of the molecule is CNC1CCCN(C(=O)C(c2ccccc2)c2ccccc2)C1.Cl. The Kier molecular flexibility index (Phi) is 6.83. The van der Waals surface area contributed by atoms with E-state index < -0.39 is 0 Å². The summed E-state index contributed by atoms with van der Waals surface area (Å²) in [5, 5.41) is 3.31. The van der Waals surface area contributed by atoms with Crippen molar-refractivity contribution in [2.75, 3.05) is 20.1 Å². The Hall–Kier alpha value is -1.84. The molecule has 1 saturated heterocycles. The lowest BCUT2D eigenvalue weighted by atomic mass is 9.89. The van der Waals surface area contributed by atoms with Crippen LogP contribution in [0.25, 0.3) is 0 Å². The second-order valence-corrected chi connectivity index (χ2v) is 6.17. The molecule has 1 amide bonds. The average molecular weight is 345 g/mol. The van der Waals surface area contributed by atoms with Gasteiger partial charge in [-0.2, -0.15) is 0 Å². The van der Waals surface area contributed by atoms with Gasteiger partial charge in [0.05, 0.1) is 5.92 Å². The van der Waals surface area contributed by atoms with Crippen LogP contribution < -0.4 is 5.32 Å². The number of piperidine rings is 1. The number of benzene rings is 2. The number of nitrogens with zero attached hydrogens (tertiary/aromatic N) is 1. The Bertz CT molecular complexity index is 593. The molecule has 128 valence electrons. The lowest BCUT2D eigenvalue weighted by Gasteiger charge is -2.35. The first-order valence-electron chi connectivity index (χ1n) is 8.35. The number of rotatable bonds is 4. The lowest BCUT2D eigenvalue weighted by molar-refractivity contribution is -0.133. The highest BCUT2D eigenvalue weighted by Crippen LogP contribution is 2.28. The number of nitrogens with one attached hydrogen (secondary N) is 1. The molecule has 1 atom stereocenters. The fourth-order valence-electron chi connectivity index (χ4n) is 3.36. The van der Waals surface area contributed by atoms with Gasteiger partial charge in [0.15, 0.2) is 0 Å². The zero-order valence-electron chi connectivity index (χ0n) is 14.0. The van der Waals surface area contributed by atoms with E-state index in [1.165, 1.54) is 0 Å². The van der Waals surface area contributed by atoms with Crippen LogP contribution in [-0.2, 0) is 4.79 Å². The van der Waals surface area contributed by atoms with Gasteiger partial charge in [-0.15, -0.1) is 12.4 Å². The van der Waals surface area contributed by atoms with Crippen molar-refractivity contribution in [1.29, 1.82) is 0 Å². The summed E-state index contributed by atoms with van der Waals surface area (Å²) in [6.07, 6.45) is 2.20. The number of likely N-dealkylation sites (N-methyl/N-ethyl adjacent to an activating group) is 1. The molecule has 3 nitrogen and oxygen atoms in total. The zero-order chi connectivity index (χ0) is 16.1. The maximum atomic E-state index is 13.3. The van der Waals surface area contributed by atoms with Gasteiger partial charge in [-0.05, 0) is 31.0 Å². The number of likely N-dealkylation sites (tertiary alicyclic amines) is 1. The van der Waals surface area contributed by atoms with Crippen molar-refractivity contribution in [2.24, 2.45) is 0 Å². The monoisotopic (exact) mass is 344 g/mol. The van der Waals surface area contributed by atoms with Crippen molar-refractivity contribution >= 4 is 18.3 Å². The molecule has 1 unspecified atom stereocenters. The minimum Gasteiger partial charge on any atom is -0.340 e. The minimum absolute atomic E-state index is 0. The molecule has 0 aromatic heterocycles. The van der Waals surface area contributed by atoms with E-state index in [2.05, 4.69) is 29.6 Å². The van der Waals surface area contributed by atoms with Gasteiger partial charge >= 0.3 is 0 Å². The maximum Gasteiger partial charge on any atom is 0.234 e. The number of carbonyl (C=O) groups is 1. The summed E-state index contributed by atoms with van der Waals surface area (Å²) in [6.45, 7) is 1.65. The van der Waals surface area contributed by atoms with E-state index in [-0.39, 0.29) is 24.2 Å². The van der Waals surface area contributed by atoms with Crippen molar-refractivity contribution in [3.05, 3.63) is 71.8 Å². The molecule has 0 spiro atoms. The molecule has 0 bridgehead atoms. The number of hydrogen-bond donors (Lipinski definition) is 1. The van der Waals surface area contributed by atoms with Gasteiger partial charge in [0.2, 0.25) is 5.91 Å². The molecule has 24 heavy (non-hydrogen) atoms. The number of halogens is 1. The molecule has 4 heteroatoms. The van der Waals surface area contributed by atoms with Gasteiger partial charge in [0, 0.05) is 19.1 Å². The molecule has 0 aliphatic carbocycles. The Morgan fingerprint density at radius 3 is 2.08 bits per heavy atom. The number of hydrogen-bond acceptors (Lipinski definition) is 2. The van der Waals surface area contributed by atoms with E-state index >= 15 is 0 Å². The van der Waals surface area contributed by atoms with Crippen LogP contribution in [0.2, 0.25) is 0 Å². The van der Waals surface area contributed by atoms with Crippen LogP contribution in [-0.4, -0.2) is 37.0 Å². The Labute approximate surface area is 150 Å². The second kappa shape index (κ2) is 8.86. The van der Waals surface area contributed by atoms with Crippen molar-refractivity contribution in [3.8, 4) is 0 Å². The fourth-order valence-corrected chi connectivity index (χ4v) is 3.36. The van der Waals surface area contributed by atoms with Crippen molar-refractivity contribution in [2.45, 2.75) is 24.8 Å². The highest BCUT2D eigenvalue weighted by atomic mass is 35.5. The molecule has 0 radical (unpaired) electrons. The van der Waals surface area contributed by atoms with Crippen LogP contribution in [0.3, 0.4) is 0 Å². The van der Waals surface area contributed by atoms with Crippen LogP contribution in [0.1, 0.15) is 29.9 Å².